The van der Waals surface area contributed by atoms with E-state index in [1.807, 2.05) is 19.1 Å². The number of rotatable bonds is 8. The molecule has 0 radical (unpaired) electrons. The van der Waals surface area contributed by atoms with Gasteiger partial charge in [-0.1, -0.05) is 6.92 Å². The molecule has 140 valence electrons. The Morgan fingerprint density at radius 1 is 1.35 bits per heavy atom. The minimum atomic E-state index is -0.174. The Bertz CT molecular complexity index is 635. The van der Waals surface area contributed by atoms with Gasteiger partial charge in [0.25, 0.3) is 5.91 Å². The van der Waals surface area contributed by atoms with E-state index in [9.17, 15) is 9.59 Å². The molecule has 0 saturated carbocycles. The first kappa shape index (κ1) is 19.7. The van der Waals surface area contributed by atoms with Gasteiger partial charge in [-0.3, -0.25) is 9.59 Å². The van der Waals surface area contributed by atoms with Crippen LogP contribution in [-0.4, -0.2) is 56.2 Å². The van der Waals surface area contributed by atoms with Crippen molar-refractivity contribution in [1.82, 2.24) is 15.6 Å². The van der Waals surface area contributed by atoms with Gasteiger partial charge in [-0.25, -0.2) is 4.98 Å². The number of carbonyl (C=O) groups is 2. The fourth-order valence-electron chi connectivity index (χ4n) is 2.66. The number of nitrogens with one attached hydrogen (secondary N) is 2. The Labute approximate surface area is 153 Å². The molecule has 2 N–H and O–H groups in total. The molecule has 1 aromatic heterocycles. The highest BCUT2D eigenvalue weighted by Gasteiger charge is 2.14. The van der Waals surface area contributed by atoms with Crippen LogP contribution in [0.15, 0.2) is 18.3 Å². The summed E-state index contributed by atoms with van der Waals surface area (Å²) in [5.74, 6) is 0.651. The predicted molar refractivity (Wildman–Crippen MR) is 96.6 cm³/mol. The second-order valence-corrected chi connectivity index (χ2v) is 6.29. The first-order chi connectivity index (χ1) is 12.6. The summed E-state index contributed by atoms with van der Waals surface area (Å²) in [6.07, 6.45) is 2.61. The van der Waals surface area contributed by atoms with Crippen molar-refractivity contribution in [2.24, 2.45) is 5.92 Å². The molecule has 8 heteroatoms. The van der Waals surface area contributed by atoms with Crippen LogP contribution >= 0.6 is 0 Å². The second-order valence-electron chi connectivity index (χ2n) is 6.29. The monoisotopic (exact) mass is 359 g/mol. The van der Waals surface area contributed by atoms with Crippen LogP contribution in [0, 0.1) is 17.2 Å². The van der Waals surface area contributed by atoms with Gasteiger partial charge in [0.15, 0.2) is 0 Å². The van der Waals surface area contributed by atoms with Crippen LogP contribution in [0.25, 0.3) is 0 Å². The summed E-state index contributed by atoms with van der Waals surface area (Å²) in [7, 11) is 0. The van der Waals surface area contributed by atoms with Crippen LogP contribution in [0.1, 0.15) is 30.1 Å². The van der Waals surface area contributed by atoms with Crippen molar-refractivity contribution in [3.63, 3.8) is 0 Å². The zero-order valence-electron chi connectivity index (χ0n) is 15.0. The van der Waals surface area contributed by atoms with Crippen molar-refractivity contribution in [3.05, 3.63) is 23.9 Å². The quantitative estimate of drug-likeness (QED) is 0.662. The van der Waals surface area contributed by atoms with E-state index in [0.717, 1.165) is 18.9 Å². The number of carbonyl (C=O) groups excluding carboxylic acids is 2. The number of nitriles is 1. The average molecular weight is 359 g/mol. The van der Waals surface area contributed by atoms with Crippen LogP contribution in [0.5, 0.6) is 0 Å². The Hall–Kier alpha value is -2.66. The van der Waals surface area contributed by atoms with Crippen molar-refractivity contribution < 1.29 is 14.3 Å². The van der Waals surface area contributed by atoms with Crippen LogP contribution < -0.4 is 15.5 Å². The first-order valence-electron chi connectivity index (χ1n) is 8.80. The Morgan fingerprint density at radius 2 is 2.12 bits per heavy atom. The molecular formula is C18H25N5O3. The third-order valence-electron chi connectivity index (χ3n) is 4.17. The summed E-state index contributed by atoms with van der Waals surface area (Å²) in [5, 5.41) is 13.8. The number of hydrogen-bond acceptors (Lipinski definition) is 6. The van der Waals surface area contributed by atoms with Crippen molar-refractivity contribution in [3.8, 4) is 6.07 Å². The fraction of sp³-hybridized carbons (Fsp3) is 0.556. The maximum atomic E-state index is 12.2. The van der Waals surface area contributed by atoms with Crippen molar-refractivity contribution in [1.29, 1.82) is 5.26 Å². The standard InChI is InChI=1S/C18H25N5O3/c1-14(12-17(24)20-7-5-19)4-6-21-18(25)15-2-3-16(22-13-15)23-8-10-26-11-9-23/h2-3,13-14H,4,6-12H2,1H3,(H,20,24)(H,21,25). The topological polar surface area (TPSA) is 107 Å². The number of aromatic nitrogens is 1. The van der Waals surface area contributed by atoms with E-state index in [0.29, 0.717) is 38.2 Å². The second kappa shape index (κ2) is 10.4. The zero-order valence-corrected chi connectivity index (χ0v) is 15.0. The lowest BCUT2D eigenvalue weighted by Crippen LogP contribution is -2.36. The van der Waals surface area contributed by atoms with Gasteiger partial charge < -0.3 is 20.3 Å². The molecule has 1 aliphatic heterocycles. The van der Waals surface area contributed by atoms with E-state index in [1.54, 1.807) is 12.3 Å². The molecule has 1 fully saturated rings. The average Bonchev–Trinajstić information content (AvgIpc) is 2.67. The van der Waals surface area contributed by atoms with Gasteiger partial charge in [0.05, 0.1) is 24.8 Å². The fourth-order valence-corrected chi connectivity index (χ4v) is 2.66. The van der Waals surface area contributed by atoms with Crippen molar-refractivity contribution in [2.75, 3.05) is 44.3 Å². The molecular weight excluding hydrogens is 334 g/mol. The minimum Gasteiger partial charge on any atom is -0.378 e. The summed E-state index contributed by atoms with van der Waals surface area (Å²) in [4.78, 5) is 30.2. The van der Waals surface area contributed by atoms with Crippen LogP contribution in [0.4, 0.5) is 5.82 Å². The third kappa shape index (κ3) is 6.33. The number of hydrogen-bond donors (Lipinski definition) is 2. The molecule has 1 unspecified atom stereocenters. The summed E-state index contributed by atoms with van der Waals surface area (Å²) in [5.41, 5.74) is 0.515. The molecule has 26 heavy (non-hydrogen) atoms. The lowest BCUT2D eigenvalue weighted by atomic mass is 10.0. The van der Waals surface area contributed by atoms with Gasteiger partial charge in [0.1, 0.15) is 12.4 Å². The number of amides is 2. The van der Waals surface area contributed by atoms with E-state index in [4.69, 9.17) is 10.00 Å². The third-order valence-corrected chi connectivity index (χ3v) is 4.17. The largest absolute Gasteiger partial charge is 0.378 e. The van der Waals surface area contributed by atoms with Gasteiger partial charge in [0, 0.05) is 32.3 Å². The maximum absolute atomic E-state index is 12.2. The molecule has 8 nitrogen and oxygen atoms in total. The molecule has 2 heterocycles. The molecule has 0 spiro atoms. The lowest BCUT2D eigenvalue weighted by Gasteiger charge is -2.27. The molecule has 1 aliphatic rings. The Balaban J connectivity index is 1.72. The molecule has 1 aromatic rings. The number of anilines is 1. The van der Waals surface area contributed by atoms with E-state index in [1.165, 1.54) is 0 Å². The van der Waals surface area contributed by atoms with Crippen LogP contribution in [-0.2, 0) is 9.53 Å². The highest BCUT2D eigenvalue weighted by Crippen LogP contribution is 2.13. The molecule has 0 aromatic carbocycles. The minimum absolute atomic E-state index is 0.0235. The number of morpholine rings is 1. The summed E-state index contributed by atoms with van der Waals surface area (Å²) < 4.78 is 5.32. The van der Waals surface area contributed by atoms with Gasteiger partial charge >= 0.3 is 0 Å². The van der Waals surface area contributed by atoms with Crippen LogP contribution in [0.3, 0.4) is 0 Å². The van der Waals surface area contributed by atoms with Gasteiger partial charge in [-0.2, -0.15) is 5.26 Å². The molecule has 2 amide bonds. The highest BCUT2D eigenvalue weighted by atomic mass is 16.5. The number of pyridine rings is 1. The normalized spacial score (nSPS) is 15.0. The Morgan fingerprint density at radius 3 is 2.77 bits per heavy atom. The highest BCUT2D eigenvalue weighted by molar-refractivity contribution is 5.94. The van der Waals surface area contributed by atoms with Crippen molar-refractivity contribution >= 4 is 17.6 Å². The van der Waals surface area contributed by atoms with E-state index >= 15 is 0 Å². The van der Waals surface area contributed by atoms with Gasteiger partial charge in [-0.05, 0) is 24.5 Å². The van der Waals surface area contributed by atoms with E-state index in [-0.39, 0.29) is 24.3 Å². The van der Waals surface area contributed by atoms with Crippen LogP contribution in [0.2, 0.25) is 0 Å². The van der Waals surface area contributed by atoms with Gasteiger partial charge in [0.2, 0.25) is 5.91 Å². The summed E-state index contributed by atoms with van der Waals surface area (Å²) in [6, 6.07) is 5.49. The molecule has 0 aliphatic carbocycles. The van der Waals surface area contributed by atoms with E-state index < -0.39 is 0 Å². The maximum Gasteiger partial charge on any atom is 0.252 e. The van der Waals surface area contributed by atoms with E-state index in [2.05, 4.69) is 20.5 Å². The molecule has 0 bridgehead atoms. The Kier molecular flexibility index (Phi) is 7.83. The molecule has 2 rings (SSSR count). The predicted octanol–water partition coefficient (Wildman–Crippen LogP) is 0.704. The summed E-state index contributed by atoms with van der Waals surface area (Å²) in [6.45, 7) is 5.44. The van der Waals surface area contributed by atoms with Gasteiger partial charge in [-0.15, -0.1) is 0 Å². The lowest BCUT2D eigenvalue weighted by molar-refractivity contribution is -0.121. The zero-order chi connectivity index (χ0) is 18.8. The molecule has 1 atom stereocenters. The van der Waals surface area contributed by atoms with Crippen molar-refractivity contribution in [2.45, 2.75) is 19.8 Å². The molecule has 1 saturated heterocycles. The smallest absolute Gasteiger partial charge is 0.252 e. The summed E-state index contributed by atoms with van der Waals surface area (Å²) >= 11 is 0. The SMILES string of the molecule is CC(CCNC(=O)c1ccc(N2CCOCC2)nc1)CC(=O)NCC#N. The number of ether oxygens (including phenoxy) is 1. The number of nitrogens with zero attached hydrogens (tertiary/aromatic N) is 3. The first-order valence-corrected chi connectivity index (χ1v) is 8.80.